The van der Waals surface area contributed by atoms with Gasteiger partial charge in [-0.2, -0.15) is 10.2 Å². The highest BCUT2D eigenvalue weighted by Gasteiger charge is 2.24. The molecule has 1 amide bonds. The molecule has 1 aromatic heterocycles. The smallest absolute Gasteiger partial charge is 0.251 e. The summed E-state index contributed by atoms with van der Waals surface area (Å²) in [5.74, 6) is 0.0143. The molecule has 0 spiro atoms. The van der Waals surface area contributed by atoms with Gasteiger partial charge in [-0.25, -0.2) is 0 Å². The van der Waals surface area contributed by atoms with Gasteiger partial charge in [0.25, 0.3) is 5.91 Å². The maximum atomic E-state index is 12.4. The molecular weight excluding hydrogens is 334 g/mol. The number of hydrogen-bond donors (Lipinski definition) is 1. The van der Waals surface area contributed by atoms with Gasteiger partial charge in [-0.1, -0.05) is 39.0 Å². The van der Waals surface area contributed by atoms with Crippen molar-refractivity contribution in [3.63, 3.8) is 0 Å². The Morgan fingerprint density at radius 1 is 1.11 bits per heavy atom. The van der Waals surface area contributed by atoms with E-state index in [1.165, 1.54) is 0 Å². The number of carbonyl (C=O) groups excluding carboxylic acids is 1. The topological polar surface area (TPSA) is 54.9 Å². The lowest BCUT2D eigenvalue weighted by atomic mass is 9.88. The number of aromatic nitrogens is 2. The molecule has 4 heteroatoms. The monoisotopic (exact) mass is 359 g/mol. The van der Waals surface area contributed by atoms with Gasteiger partial charge in [0.15, 0.2) is 0 Å². The van der Waals surface area contributed by atoms with E-state index in [0.717, 1.165) is 46.0 Å². The highest BCUT2D eigenvalue weighted by atomic mass is 16.1. The minimum atomic E-state index is -0.0647. The van der Waals surface area contributed by atoms with Crippen molar-refractivity contribution in [3.8, 4) is 11.1 Å². The molecule has 1 aliphatic rings. The van der Waals surface area contributed by atoms with Crippen LogP contribution in [0.25, 0.3) is 21.9 Å². The van der Waals surface area contributed by atoms with Crippen LogP contribution in [-0.2, 0) is 5.41 Å². The van der Waals surface area contributed by atoms with Crippen molar-refractivity contribution in [1.82, 2.24) is 15.5 Å². The second kappa shape index (κ2) is 6.45. The van der Waals surface area contributed by atoms with Gasteiger partial charge in [-0.15, -0.1) is 0 Å². The number of aryl methyl sites for hydroxylation is 1. The molecule has 0 unspecified atom stereocenters. The van der Waals surface area contributed by atoms with Gasteiger partial charge in [0.05, 0.1) is 11.9 Å². The van der Waals surface area contributed by atoms with Crippen molar-refractivity contribution in [3.05, 3.63) is 59.4 Å². The molecule has 4 rings (SSSR count). The van der Waals surface area contributed by atoms with E-state index in [9.17, 15) is 4.79 Å². The molecule has 0 radical (unpaired) electrons. The van der Waals surface area contributed by atoms with Gasteiger partial charge in [0.1, 0.15) is 0 Å². The lowest BCUT2D eigenvalue weighted by Gasteiger charge is -2.19. The fourth-order valence-electron chi connectivity index (χ4n) is 3.38. The second-order valence-electron chi connectivity index (χ2n) is 8.52. The SMILES string of the molecule is Cc1ccc(C(=O)NC2CC2)cc1-c1ccc2c(C(C)(C)C)nncc2c1. The Morgan fingerprint density at radius 2 is 1.89 bits per heavy atom. The summed E-state index contributed by atoms with van der Waals surface area (Å²) in [5.41, 5.74) is 4.97. The fourth-order valence-corrected chi connectivity index (χ4v) is 3.38. The summed E-state index contributed by atoms with van der Waals surface area (Å²) < 4.78 is 0. The molecule has 0 bridgehead atoms. The summed E-state index contributed by atoms with van der Waals surface area (Å²) in [4.78, 5) is 12.4. The number of rotatable bonds is 3. The number of benzene rings is 2. The lowest BCUT2D eigenvalue weighted by molar-refractivity contribution is 0.0951. The summed E-state index contributed by atoms with van der Waals surface area (Å²) in [6.45, 7) is 8.52. The Kier molecular flexibility index (Phi) is 4.22. The first-order valence-electron chi connectivity index (χ1n) is 9.51. The van der Waals surface area contributed by atoms with Crippen molar-refractivity contribution in [1.29, 1.82) is 0 Å². The quantitative estimate of drug-likeness (QED) is 0.731. The predicted molar refractivity (Wildman–Crippen MR) is 109 cm³/mol. The molecule has 1 fully saturated rings. The molecule has 1 heterocycles. The Labute approximate surface area is 160 Å². The van der Waals surface area contributed by atoms with Crippen LogP contribution in [0.2, 0.25) is 0 Å². The van der Waals surface area contributed by atoms with Crippen molar-refractivity contribution in [2.24, 2.45) is 0 Å². The van der Waals surface area contributed by atoms with Gasteiger partial charge in [0, 0.05) is 27.8 Å². The zero-order chi connectivity index (χ0) is 19.2. The molecule has 0 saturated heterocycles. The van der Waals surface area contributed by atoms with Crippen LogP contribution in [0.4, 0.5) is 0 Å². The predicted octanol–water partition coefficient (Wildman–Crippen LogP) is 4.79. The zero-order valence-electron chi connectivity index (χ0n) is 16.3. The van der Waals surface area contributed by atoms with Gasteiger partial charge in [-0.05, 0) is 54.7 Å². The van der Waals surface area contributed by atoms with Gasteiger partial charge < -0.3 is 5.32 Å². The van der Waals surface area contributed by atoms with E-state index in [1.807, 2.05) is 24.4 Å². The highest BCUT2D eigenvalue weighted by molar-refractivity contribution is 5.97. The van der Waals surface area contributed by atoms with E-state index in [0.29, 0.717) is 11.6 Å². The van der Waals surface area contributed by atoms with Crippen LogP contribution in [0.1, 0.15) is 55.2 Å². The average Bonchev–Trinajstić information content (AvgIpc) is 3.44. The molecule has 27 heavy (non-hydrogen) atoms. The molecule has 3 aromatic rings. The first kappa shape index (κ1) is 17.7. The number of nitrogens with one attached hydrogen (secondary N) is 1. The van der Waals surface area contributed by atoms with Gasteiger partial charge in [0.2, 0.25) is 0 Å². The van der Waals surface area contributed by atoms with Crippen LogP contribution in [0.5, 0.6) is 0 Å². The zero-order valence-corrected chi connectivity index (χ0v) is 16.3. The van der Waals surface area contributed by atoms with E-state index >= 15 is 0 Å². The number of amides is 1. The lowest BCUT2D eigenvalue weighted by Crippen LogP contribution is -2.25. The van der Waals surface area contributed by atoms with E-state index in [-0.39, 0.29) is 11.3 Å². The molecular formula is C23H25N3O. The third-order valence-electron chi connectivity index (χ3n) is 5.09. The molecule has 1 N–H and O–H groups in total. The second-order valence-corrected chi connectivity index (χ2v) is 8.52. The van der Waals surface area contributed by atoms with Crippen LogP contribution < -0.4 is 5.32 Å². The van der Waals surface area contributed by atoms with Crippen molar-refractivity contribution >= 4 is 16.7 Å². The highest BCUT2D eigenvalue weighted by Crippen LogP contribution is 2.32. The third kappa shape index (κ3) is 3.57. The average molecular weight is 359 g/mol. The molecule has 2 aromatic carbocycles. The Bertz CT molecular complexity index is 1030. The van der Waals surface area contributed by atoms with Crippen molar-refractivity contribution in [2.45, 2.75) is 52.0 Å². The van der Waals surface area contributed by atoms with Crippen LogP contribution in [-0.4, -0.2) is 22.1 Å². The van der Waals surface area contributed by atoms with E-state index < -0.39 is 0 Å². The number of nitrogens with zero attached hydrogens (tertiary/aromatic N) is 2. The standard InChI is InChI=1S/C23H25N3O/c1-14-5-6-16(22(27)25-18-8-9-18)12-20(14)15-7-10-19-17(11-15)13-24-26-21(19)23(2,3)4/h5-7,10-13,18H,8-9H2,1-4H3,(H,25,27). The number of hydrogen-bond acceptors (Lipinski definition) is 3. The van der Waals surface area contributed by atoms with Crippen molar-refractivity contribution < 1.29 is 4.79 Å². The Morgan fingerprint density at radius 3 is 2.59 bits per heavy atom. The molecule has 138 valence electrons. The fraction of sp³-hybridized carbons (Fsp3) is 0.348. The first-order valence-corrected chi connectivity index (χ1v) is 9.51. The summed E-state index contributed by atoms with van der Waals surface area (Å²) in [5, 5.41) is 13.8. The van der Waals surface area contributed by atoms with Gasteiger partial charge in [-0.3, -0.25) is 4.79 Å². The van der Waals surface area contributed by atoms with Crippen LogP contribution >= 0.6 is 0 Å². The molecule has 1 saturated carbocycles. The normalized spacial score (nSPS) is 14.4. The number of carbonyl (C=O) groups is 1. The summed E-state index contributed by atoms with van der Waals surface area (Å²) >= 11 is 0. The molecule has 1 aliphatic carbocycles. The largest absolute Gasteiger partial charge is 0.349 e. The Balaban J connectivity index is 1.76. The van der Waals surface area contributed by atoms with Crippen LogP contribution in [0.15, 0.2) is 42.6 Å². The summed E-state index contributed by atoms with van der Waals surface area (Å²) in [6, 6.07) is 12.7. The maximum absolute atomic E-state index is 12.4. The van der Waals surface area contributed by atoms with Crippen molar-refractivity contribution in [2.75, 3.05) is 0 Å². The van der Waals surface area contributed by atoms with E-state index in [2.05, 4.69) is 61.4 Å². The minimum Gasteiger partial charge on any atom is -0.349 e. The van der Waals surface area contributed by atoms with Gasteiger partial charge >= 0.3 is 0 Å². The van der Waals surface area contributed by atoms with Crippen LogP contribution in [0, 0.1) is 6.92 Å². The van der Waals surface area contributed by atoms with Crippen LogP contribution in [0.3, 0.4) is 0 Å². The van der Waals surface area contributed by atoms with E-state index in [4.69, 9.17) is 0 Å². The van der Waals surface area contributed by atoms with E-state index in [1.54, 1.807) is 0 Å². The number of fused-ring (bicyclic) bond motifs is 1. The minimum absolute atomic E-state index is 0.0143. The summed E-state index contributed by atoms with van der Waals surface area (Å²) in [7, 11) is 0. The molecule has 4 nitrogen and oxygen atoms in total. The third-order valence-corrected chi connectivity index (χ3v) is 5.09. The molecule has 0 atom stereocenters. The first-order chi connectivity index (χ1) is 12.8. The Hall–Kier alpha value is -2.75. The maximum Gasteiger partial charge on any atom is 0.251 e. The molecule has 0 aliphatic heterocycles. The summed E-state index contributed by atoms with van der Waals surface area (Å²) in [6.07, 6.45) is 3.99.